The molecule has 0 aromatic rings. The van der Waals surface area contributed by atoms with Gasteiger partial charge in [-0.1, -0.05) is 0 Å². The van der Waals surface area contributed by atoms with Crippen molar-refractivity contribution >= 4 is 6.03 Å². The van der Waals surface area contributed by atoms with Crippen LogP contribution in [0.2, 0.25) is 0 Å². The standard InChI is InChI=1S/C9H18N2O2/c1-2-13-7-6-10-9(12)11-8-4-3-5-8/h8H,2-7H2,1H3,(H2,10,11,12). The molecule has 4 nitrogen and oxygen atoms in total. The predicted octanol–water partition coefficient (Wildman–Crippen LogP) is 0.875. The first-order valence-corrected chi connectivity index (χ1v) is 4.95. The second kappa shape index (κ2) is 5.80. The first-order chi connectivity index (χ1) is 6.33. The second-order valence-electron chi connectivity index (χ2n) is 3.22. The van der Waals surface area contributed by atoms with Gasteiger partial charge in [0.1, 0.15) is 0 Å². The Morgan fingerprint density at radius 2 is 2.31 bits per heavy atom. The first-order valence-electron chi connectivity index (χ1n) is 4.95. The van der Waals surface area contributed by atoms with Crippen molar-refractivity contribution in [3.63, 3.8) is 0 Å². The monoisotopic (exact) mass is 186 g/mol. The van der Waals surface area contributed by atoms with Gasteiger partial charge in [0.25, 0.3) is 0 Å². The summed E-state index contributed by atoms with van der Waals surface area (Å²) < 4.78 is 5.09. The third-order valence-corrected chi connectivity index (χ3v) is 2.18. The molecule has 13 heavy (non-hydrogen) atoms. The van der Waals surface area contributed by atoms with Crippen LogP contribution >= 0.6 is 0 Å². The maximum Gasteiger partial charge on any atom is 0.315 e. The highest BCUT2D eigenvalue weighted by Gasteiger charge is 2.18. The molecule has 1 aliphatic rings. The Labute approximate surface area is 79.0 Å². The van der Waals surface area contributed by atoms with Crippen LogP contribution in [-0.4, -0.2) is 31.8 Å². The SMILES string of the molecule is CCOCCNC(=O)NC1CCC1. The summed E-state index contributed by atoms with van der Waals surface area (Å²) >= 11 is 0. The van der Waals surface area contributed by atoms with Gasteiger partial charge in [0.15, 0.2) is 0 Å². The molecular formula is C9H18N2O2. The van der Waals surface area contributed by atoms with E-state index in [-0.39, 0.29) is 6.03 Å². The number of ether oxygens (including phenoxy) is 1. The van der Waals surface area contributed by atoms with Gasteiger partial charge in [0.05, 0.1) is 6.61 Å². The van der Waals surface area contributed by atoms with E-state index in [4.69, 9.17) is 4.74 Å². The molecule has 0 aromatic heterocycles. The minimum Gasteiger partial charge on any atom is -0.380 e. The van der Waals surface area contributed by atoms with Gasteiger partial charge in [-0.25, -0.2) is 4.79 Å². The molecule has 1 rings (SSSR count). The zero-order valence-electron chi connectivity index (χ0n) is 8.14. The molecule has 0 bridgehead atoms. The van der Waals surface area contributed by atoms with Gasteiger partial charge in [-0.2, -0.15) is 0 Å². The summed E-state index contributed by atoms with van der Waals surface area (Å²) in [5, 5.41) is 5.63. The van der Waals surface area contributed by atoms with Crippen LogP contribution in [0.1, 0.15) is 26.2 Å². The van der Waals surface area contributed by atoms with Crippen LogP contribution in [0.15, 0.2) is 0 Å². The molecule has 0 heterocycles. The Morgan fingerprint density at radius 1 is 1.54 bits per heavy atom. The topological polar surface area (TPSA) is 50.4 Å². The number of amides is 2. The summed E-state index contributed by atoms with van der Waals surface area (Å²) in [6.45, 7) is 3.82. The van der Waals surface area contributed by atoms with Crippen molar-refractivity contribution in [2.45, 2.75) is 32.2 Å². The highest BCUT2D eigenvalue weighted by atomic mass is 16.5. The second-order valence-corrected chi connectivity index (χ2v) is 3.22. The van der Waals surface area contributed by atoms with Gasteiger partial charge in [0.2, 0.25) is 0 Å². The van der Waals surface area contributed by atoms with E-state index in [0.29, 0.717) is 25.8 Å². The highest BCUT2D eigenvalue weighted by Crippen LogP contribution is 2.17. The van der Waals surface area contributed by atoms with Crippen LogP contribution in [-0.2, 0) is 4.74 Å². The molecule has 0 atom stereocenters. The average Bonchev–Trinajstić information content (AvgIpc) is 2.06. The van der Waals surface area contributed by atoms with Gasteiger partial charge in [0, 0.05) is 19.2 Å². The molecule has 2 N–H and O–H groups in total. The number of carbonyl (C=O) groups is 1. The van der Waals surface area contributed by atoms with Crippen molar-refractivity contribution in [3.8, 4) is 0 Å². The lowest BCUT2D eigenvalue weighted by atomic mass is 9.93. The molecule has 76 valence electrons. The van der Waals surface area contributed by atoms with Crippen molar-refractivity contribution in [1.29, 1.82) is 0 Å². The maximum atomic E-state index is 11.1. The van der Waals surface area contributed by atoms with Crippen molar-refractivity contribution in [2.24, 2.45) is 0 Å². The Hall–Kier alpha value is -0.770. The van der Waals surface area contributed by atoms with E-state index < -0.39 is 0 Å². The summed E-state index contributed by atoms with van der Waals surface area (Å²) in [5.41, 5.74) is 0. The molecule has 0 spiro atoms. The first kappa shape index (κ1) is 10.3. The molecule has 4 heteroatoms. The smallest absolute Gasteiger partial charge is 0.315 e. The van der Waals surface area contributed by atoms with Gasteiger partial charge >= 0.3 is 6.03 Å². The van der Waals surface area contributed by atoms with E-state index in [1.807, 2.05) is 6.92 Å². The summed E-state index contributed by atoms with van der Waals surface area (Å²) in [6.07, 6.45) is 3.49. The third kappa shape index (κ3) is 4.12. The summed E-state index contributed by atoms with van der Waals surface area (Å²) in [5.74, 6) is 0. The summed E-state index contributed by atoms with van der Waals surface area (Å²) in [7, 11) is 0. The van der Waals surface area contributed by atoms with Crippen LogP contribution in [0.3, 0.4) is 0 Å². The number of nitrogens with one attached hydrogen (secondary N) is 2. The fraction of sp³-hybridized carbons (Fsp3) is 0.889. The molecule has 2 amide bonds. The van der Waals surface area contributed by atoms with Gasteiger partial charge in [-0.3, -0.25) is 0 Å². The van der Waals surface area contributed by atoms with Crippen LogP contribution < -0.4 is 10.6 Å². The van der Waals surface area contributed by atoms with Crippen LogP contribution in [0.25, 0.3) is 0 Å². The van der Waals surface area contributed by atoms with Gasteiger partial charge in [-0.05, 0) is 26.2 Å². The zero-order valence-corrected chi connectivity index (χ0v) is 8.14. The lowest BCUT2D eigenvalue weighted by Crippen LogP contribution is -2.45. The summed E-state index contributed by atoms with van der Waals surface area (Å²) in [4.78, 5) is 11.1. The largest absolute Gasteiger partial charge is 0.380 e. The number of hydrogen-bond donors (Lipinski definition) is 2. The normalized spacial score (nSPS) is 16.4. The molecule has 0 aliphatic heterocycles. The third-order valence-electron chi connectivity index (χ3n) is 2.18. The molecule has 1 aliphatic carbocycles. The number of rotatable bonds is 5. The van der Waals surface area contributed by atoms with E-state index in [9.17, 15) is 4.79 Å². The van der Waals surface area contributed by atoms with Crippen molar-refractivity contribution in [1.82, 2.24) is 10.6 Å². The summed E-state index contributed by atoms with van der Waals surface area (Å²) in [6, 6.07) is 0.344. The van der Waals surface area contributed by atoms with Gasteiger partial charge < -0.3 is 15.4 Å². The van der Waals surface area contributed by atoms with E-state index in [2.05, 4.69) is 10.6 Å². The van der Waals surface area contributed by atoms with Crippen LogP contribution in [0.5, 0.6) is 0 Å². The van der Waals surface area contributed by atoms with E-state index >= 15 is 0 Å². The molecule has 0 aromatic carbocycles. The van der Waals surface area contributed by atoms with Crippen LogP contribution in [0.4, 0.5) is 4.79 Å². The molecule has 0 saturated heterocycles. The average molecular weight is 186 g/mol. The fourth-order valence-corrected chi connectivity index (χ4v) is 1.17. The lowest BCUT2D eigenvalue weighted by molar-refractivity contribution is 0.149. The maximum absolute atomic E-state index is 11.1. The van der Waals surface area contributed by atoms with E-state index in [0.717, 1.165) is 12.8 Å². The fourth-order valence-electron chi connectivity index (χ4n) is 1.17. The van der Waals surface area contributed by atoms with E-state index in [1.165, 1.54) is 6.42 Å². The molecule has 1 fully saturated rings. The minimum atomic E-state index is -0.0654. The minimum absolute atomic E-state index is 0.0654. The highest BCUT2D eigenvalue weighted by molar-refractivity contribution is 5.74. The quantitative estimate of drug-likeness (QED) is 0.626. The van der Waals surface area contributed by atoms with Gasteiger partial charge in [-0.15, -0.1) is 0 Å². The Balaban J connectivity index is 1.91. The van der Waals surface area contributed by atoms with E-state index in [1.54, 1.807) is 0 Å². The zero-order chi connectivity index (χ0) is 9.52. The molecule has 0 radical (unpaired) electrons. The Kier molecular flexibility index (Phi) is 4.60. The van der Waals surface area contributed by atoms with Crippen molar-refractivity contribution in [2.75, 3.05) is 19.8 Å². The Morgan fingerprint density at radius 3 is 2.85 bits per heavy atom. The molecular weight excluding hydrogens is 168 g/mol. The molecule has 1 saturated carbocycles. The number of hydrogen-bond acceptors (Lipinski definition) is 2. The lowest BCUT2D eigenvalue weighted by Gasteiger charge is -2.26. The van der Waals surface area contributed by atoms with Crippen LogP contribution in [0, 0.1) is 0 Å². The van der Waals surface area contributed by atoms with Crippen molar-refractivity contribution < 1.29 is 9.53 Å². The van der Waals surface area contributed by atoms with Crippen molar-refractivity contribution in [3.05, 3.63) is 0 Å². The molecule has 0 unspecified atom stereocenters. The number of urea groups is 1. The predicted molar refractivity (Wildman–Crippen MR) is 50.7 cm³/mol. The number of carbonyl (C=O) groups excluding carboxylic acids is 1. The Bertz CT molecular complexity index is 158.